The Balaban J connectivity index is 4.54. The average Bonchev–Trinajstić information content (AvgIpc) is 2.15. The third-order valence-electron chi connectivity index (χ3n) is 1.45. The maximum Gasteiger partial charge on any atom is 0.360 e. The van der Waals surface area contributed by atoms with Gasteiger partial charge in [0.2, 0.25) is 0 Å². The number of hydrogen-bond acceptors (Lipinski definition) is 4. The van der Waals surface area contributed by atoms with Crippen LogP contribution in [0.15, 0.2) is 11.6 Å². The minimum Gasteiger partial charge on any atom is -0.501 e. The molecule has 5 heteroatoms. The molecule has 0 saturated carbocycles. The molecule has 0 aliphatic carbocycles. The molecular formula is C9H19O4P. The van der Waals surface area contributed by atoms with Crippen LogP contribution in [0.1, 0.15) is 27.7 Å². The minimum absolute atomic E-state index is 0.356. The normalized spacial score (nSPS) is 13.0. The summed E-state index contributed by atoms with van der Waals surface area (Å²) in [6.07, 6.45) is 1.44. The monoisotopic (exact) mass is 222 g/mol. The quantitative estimate of drug-likeness (QED) is 0.490. The van der Waals surface area contributed by atoms with Crippen LogP contribution in [0.3, 0.4) is 0 Å². The van der Waals surface area contributed by atoms with Gasteiger partial charge in [-0.25, -0.2) is 0 Å². The highest BCUT2D eigenvalue weighted by atomic mass is 31.2. The summed E-state index contributed by atoms with van der Waals surface area (Å²) in [5.41, 5.74) is 0. The van der Waals surface area contributed by atoms with Crippen molar-refractivity contribution < 1.29 is 18.3 Å². The van der Waals surface area contributed by atoms with Gasteiger partial charge in [-0.3, -0.25) is 4.57 Å². The Kier molecular flexibility index (Phi) is 6.89. The van der Waals surface area contributed by atoms with Crippen molar-refractivity contribution in [3.63, 3.8) is 0 Å². The Bertz CT molecular complexity index is 215. The van der Waals surface area contributed by atoms with Gasteiger partial charge in [0.05, 0.1) is 31.4 Å². The van der Waals surface area contributed by atoms with E-state index >= 15 is 0 Å². The maximum absolute atomic E-state index is 12.0. The van der Waals surface area contributed by atoms with Crippen LogP contribution in [0, 0.1) is 0 Å². The third kappa shape index (κ3) is 4.27. The van der Waals surface area contributed by atoms with Gasteiger partial charge in [-0.05, 0) is 27.7 Å². The molecule has 0 fully saturated rings. The molecular weight excluding hydrogens is 203 g/mol. The van der Waals surface area contributed by atoms with E-state index in [1.165, 1.54) is 6.26 Å². The van der Waals surface area contributed by atoms with Gasteiger partial charge in [-0.1, -0.05) is 0 Å². The van der Waals surface area contributed by atoms with Gasteiger partial charge in [0.15, 0.2) is 0 Å². The van der Waals surface area contributed by atoms with Crippen LogP contribution in [0.4, 0.5) is 0 Å². The van der Waals surface area contributed by atoms with Crippen molar-refractivity contribution >= 4 is 7.60 Å². The summed E-state index contributed by atoms with van der Waals surface area (Å²) < 4.78 is 27.3. The maximum atomic E-state index is 12.0. The lowest BCUT2D eigenvalue weighted by Gasteiger charge is -2.16. The summed E-state index contributed by atoms with van der Waals surface area (Å²) >= 11 is 0. The van der Waals surface area contributed by atoms with Crippen molar-refractivity contribution in [2.45, 2.75) is 27.7 Å². The van der Waals surface area contributed by atoms with Gasteiger partial charge in [-0.2, -0.15) is 0 Å². The molecule has 0 atom stereocenters. The van der Waals surface area contributed by atoms with E-state index in [1.54, 1.807) is 20.8 Å². The highest BCUT2D eigenvalue weighted by Crippen LogP contribution is 2.55. The Hall–Kier alpha value is -0.310. The first-order valence-corrected chi connectivity index (χ1v) is 6.33. The highest BCUT2D eigenvalue weighted by Gasteiger charge is 2.26. The molecule has 0 unspecified atom stereocenters. The van der Waals surface area contributed by atoms with Crippen molar-refractivity contribution in [1.82, 2.24) is 0 Å². The largest absolute Gasteiger partial charge is 0.501 e. The number of rotatable bonds is 7. The third-order valence-corrected chi connectivity index (χ3v) is 3.62. The fourth-order valence-electron chi connectivity index (χ4n) is 0.849. The van der Waals surface area contributed by atoms with E-state index in [0.717, 1.165) is 0 Å². The Morgan fingerprint density at radius 1 is 1.14 bits per heavy atom. The topological polar surface area (TPSA) is 44.8 Å². The molecule has 0 rings (SSSR count). The van der Waals surface area contributed by atoms with Crippen LogP contribution >= 0.6 is 7.60 Å². The predicted molar refractivity (Wildman–Crippen MR) is 56.2 cm³/mol. The average molecular weight is 222 g/mol. The molecule has 0 heterocycles. The Labute approximate surface area is 85.8 Å². The van der Waals surface area contributed by atoms with E-state index in [4.69, 9.17) is 13.8 Å². The number of hydrogen-bond donors (Lipinski definition) is 0. The van der Waals surface area contributed by atoms with E-state index in [2.05, 4.69) is 0 Å². The second-order valence-electron chi connectivity index (χ2n) is 2.55. The lowest BCUT2D eigenvalue weighted by Crippen LogP contribution is -1.97. The minimum atomic E-state index is -3.10. The van der Waals surface area contributed by atoms with Gasteiger partial charge >= 0.3 is 7.60 Å². The Morgan fingerprint density at radius 3 is 2.00 bits per heavy atom. The van der Waals surface area contributed by atoms with Gasteiger partial charge in [0.1, 0.15) is 0 Å². The SMILES string of the molecule is CCO/C=C(\C)P(=O)(OCC)OCC. The first-order chi connectivity index (χ1) is 6.60. The molecule has 0 amide bonds. The molecule has 14 heavy (non-hydrogen) atoms. The fourth-order valence-corrected chi connectivity index (χ4v) is 2.21. The molecule has 0 spiro atoms. The van der Waals surface area contributed by atoms with Crippen LogP contribution in [-0.4, -0.2) is 19.8 Å². The van der Waals surface area contributed by atoms with Crippen molar-refractivity contribution in [1.29, 1.82) is 0 Å². The van der Waals surface area contributed by atoms with Crippen LogP contribution < -0.4 is 0 Å². The van der Waals surface area contributed by atoms with Crippen molar-refractivity contribution in [2.75, 3.05) is 19.8 Å². The fraction of sp³-hybridized carbons (Fsp3) is 0.778. The standard InChI is InChI=1S/C9H19O4P/c1-5-11-8-9(4)14(10,12-6-2)13-7-3/h8H,5-7H2,1-4H3/b9-8+. The molecule has 0 aromatic rings. The zero-order valence-electron chi connectivity index (χ0n) is 9.28. The molecule has 84 valence electrons. The lowest BCUT2D eigenvalue weighted by atomic mass is 10.7. The second-order valence-corrected chi connectivity index (χ2v) is 4.76. The van der Waals surface area contributed by atoms with Crippen molar-refractivity contribution in [3.8, 4) is 0 Å². The predicted octanol–water partition coefficient (Wildman–Crippen LogP) is 3.15. The lowest BCUT2D eigenvalue weighted by molar-refractivity contribution is 0.222. The van der Waals surface area contributed by atoms with Crippen LogP contribution in [-0.2, 0) is 18.3 Å². The van der Waals surface area contributed by atoms with E-state index in [1.807, 2.05) is 6.92 Å². The van der Waals surface area contributed by atoms with E-state index < -0.39 is 7.60 Å². The summed E-state index contributed by atoms with van der Waals surface area (Å²) in [5, 5.41) is 0.503. The van der Waals surface area contributed by atoms with Gasteiger partial charge in [0, 0.05) is 0 Å². The summed E-state index contributed by atoms with van der Waals surface area (Å²) in [5.74, 6) is 0. The highest BCUT2D eigenvalue weighted by molar-refractivity contribution is 7.58. The van der Waals surface area contributed by atoms with Crippen molar-refractivity contribution in [2.24, 2.45) is 0 Å². The van der Waals surface area contributed by atoms with Gasteiger partial charge in [-0.15, -0.1) is 0 Å². The molecule has 0 bridgehead atoms. The molecule has 0 radical (unpaired) electrons. The molecule has 0 saturated heterocycles. The first kappa shape index (κ1) is 13.7. The summed E-state index contributed by atoms with van der Waals surface area (Å²) in [4.78, 5) is 0. The van der Waals surface area contributed by atoms with Crippen LogP contribution in [0.5, 0.6) is 0 Å². The molecule has 0 N–H and O–H groups in total. The zero-order valence-corrected chi connectivity index (χ0v) is 10.2. The van der Waals surface area contributed by atoms with Crippen molar-refractivity contribution in [3.05, 3.63) is 11.6 Å². The van der Waals surface area contributed by atoms with Gasteiger partial charge in [0.25, 0.3) is 0 Å². The molecule has 0 aliphatic rings. The number of ether oxygens (including phenoxy) is 1. The zero-order chi connectivity index (χ0) is 11.0. The summed E-state index contributed by atoms with van der Waals surface area (Å²) in [7, 11) is -3.10. The van der Waals surface area contributed by atoms with Crippen LogP contribution in [0.25, 0.3) is 0 Å². The van der Waals surface area contributed by atoms with E-state index in [9.17, 15) is 4.57 Å². The summed E-state index contributed by atoms with van der Waals surface area (Å²) in [6, 6.07) is 0. The number of allylic oxidation sites excluding steroid dienone is 1. The van der Waals surface area contributed by atoms with E-state index in [0.29, 0.717) is 25.1 Å². The molecule has 0 aromatic heterocycles. The van der Waals surface area contributed by atoms with Gasteiger partial charge < -0.3 is 13.8 Å². The summed E-state index contributed by atoms with van der Waals surface area (Å²) in [6.45, 7) is 8.34. The molecule has 4 nitrogen and oxygen atoms in total. The Morgan fingerprint density at radius 2 is 1.64 bits per heavy atom. The van der Waals surface area contributed by atoms with E-state index in [-0.39, 0.29) is 0 Å². The van der Waals surface area contributed by atoms with Crippen LogP contribution in [0.2, 0.25) is 0 Å². The second kappa shape index (κ2) is 7.04. The molecule has 0 aromatic carbocycles. The molecule has 0 aliphatic heterocycles. The first-order valence-electron chi connectivity index (χ1n) is 4.78. The smallest absolute Gasteiger partial charge is 0.360 e.